The van der Waals surface area contributed by atoms with E-state index in [1.165, 1.54) is 0 Å². The summed E-state index contributed by atoms with van der Waals surface area (Å²) in [5.74, 6) is 0.135. The Morgan fingerprint density at radius 2 is 2.00 bits per heavy atom. The molecule has 3 atom stereocenters. The molecular weight excluding hydrogens is 354 g/mol. The standard InChI is InChI=1S/C20H31N3O3.C2H6/c1-4-18(15(2)24)10-19(26)13-23-9-8-22(14-20(23)16(3)25)12-17-6-5-7-21-11-17;1-2/h5-7,11,18-20,26H,4,8-10,12-14H2,1-3H3;1-2H3/t18-,19+,20+;/m1./s1. The molecule has 28 heavy (non-hydrogen) atoms. The van der Waals surface area contributed by atoms with Crippen molar-refractivity contribution in [2.24, 2.45) is 5.92 Å². The Balaban J connectivity index is 0.00000190. The molecule has 0 saturated carbocycles. The normalized spacial score (nSPS) is 20.0. The van der Waals surface area contributed by atoms with Crippen LogP contribution < -0.4 is 0 Å². The van der Waals surface area contributed by atoms with Crippen molar-refractivity contribution >= 4 is 11.6 Å². The molecule has 0 amide bonds. The highest BCUT2D eigenvalue weighted by Crippen LogP contribution is 2.18. The molecular formula is C22H37N3O3. The summed E-state index contributed by atoms with van der Waals surface area (Å²) in [6, 6.07) is 3.75. The molecule has 1 aliphatic heterocycles. The zero-order chi connectivity index (χ0) is 21.1. The molecule has 1 aliphatic rings. The molecule has 1 N–H and O–H groups in total. The van der Waals surface area contributed by atoms with Gasteiger partial charge in [-0.3, -0.25) is 24.4 Å². The van der Waals surface area contributed by atoms with Gasteiger partial charge in [0.05, 0.1) is 12.1 Å². The van der Waals surface area contributed by atoms with Crippen LogP contribution in [-0.4, -0.2) is 69.8 Å². The average molecular weight is 392 g/mol. The molecule has 1 fully saturated rings. The summed E-state index contributed by atoms with van der Waals surface area (Å²) >= 11 is 0. The number of hydrogen-bond donors (Lipinski definition) is 1. The number of aliphatic hydroxyl groups excluding tert-OH is 1. The van der Waals surface area contributed by atoms with Gasteiger partial charge in [0.2, 0.25) is 0 Å². The molecule has 0 spiro atoms. The van der Waals surface area contributed by atoms with Crippen LogP contribution in [0.25, 0.3) is 0 Å². The largest absolute Gasteiger partial charge is 0.392 e. The molecule has 6 nitrogen and oxygen atoms in total. The molecule has 1 aromatic rings. The van der Waals surface area contributed by atoms with Gasteiger partial charge in [0.15, 0.2) is 0 Å². The highest BCUT2D eigenvalue weighted by atomic mass is 16.3. The molecule has 6 heteroatoms. The van der Waals surface area contributed by atoms with Crippen molar-refractivity contribution in [1.82, 2.24) is 14.8 Å². The average Bonchev–Trinajstić information content (AvgIpc) is 2.69. The predicted octanol–water partition coefficient (Wildman–Crippen LogP) is 2.55. The zero-order valence-corrected chi connectivity index (χ0v) is 18.1. The summed E-state index contributed by atoms with van der Waals surface area (Å²) in [7, 11) is 0. The Kier molecular flexibility index (Phi) is 11.1. The summed E-state index contributed by atoms with van der Waals surface area (Å²) < 4.78 is 0. The summed E-state index contributed by atoms with van der Waals surface area (Å²) in [4.78, 5) is 32.2. The lowest BCUT2D eigenvalue weighted by molar-refractivity contribution is -0.126. The van der Waals surface area contributed by atoms with Crippen LogP contribution in [0.2, 0.25) is 0 Å². The number of pyridine rings is 1. The minimum absolute atomic E-state index is 0.104. The Labute approximate surface area is 169 Å². The fourth-order valence-electron chi connectivity index (χ4n) is 3.67. The van der Waals surface area contributed by atoms with Crippen molar-refractivity contribution in [2.75, 3.05) is 26.2 Å². The van der Waals surface area contributed by atoms with Gasteiger partial charge >= 0.3 is 0 Å². The quantitative estimate of drug-likeness (QED) is 0.697. The molecule has 0 radical (unpaired) electrons. The van der Waals surface area contributed by atoms with Gasteiger partial charge in [-0.15, -0.1) is 0 Å². The maximum absolute atomic E-state index is 12.2. The van der Waals surface area contributed by atoms with E-state index in [1.807, 2.05) is 39.1 Å². The number of hydrogen-bond acceptors (Lipinski definition) is 6. The first-order chi connectivity index (χ1) is 13.4. The predicted molar refractivity (Wildman–Crippen MR) is 112 cm³/mol. The van der Waals surface area contributed by atoms with Crippen LogP contribution in [0.4, 0.5) is 0 Å². The lowest BCUT2D eigenvalue weighted by Crippen LogP contribution is -2.57. The second-order valence-corrected chi connectivity index (χ2v) is 7.32. The van der Waals surface area contributed by atoms with Crippen LogP contribution in [0.1, 0.15) is 53.0 Å². The Morgan fingerprint density at radius 1 is 1.29 bits per heavy atom. The van der Waals surface area contributed by atoms with Gasteiger partial charge in [-0.1, -0.05) is 26.8 Å². The van der Waals surface area contributed by atoms with Crippen LogP contribution in [0, 0.1) is 5.92 Å². The highest BCUT2D eigenvalue weighted by Gasteiger charge is 2.32. The fraction of sp³-hybridized carbons (Fsp3) is 0.682. The van der Waals surface area contributed by atoms with Gasteiger partial charge in [0, 0.05) is 51.0 Å². The summed E-state index contributed by atoms with van der Waals surface area (Å²) in [6.07, 6.45) is 4.22. The van der Waals surface area contributed by atoms with Gasteiger partial charge in [-0.2, -0.15) is 0 Å². The number of aliphatic hydroxyl groups is 1. The molecule has 158 valence electrons. The molecule has 0 bridgehead atoms. The smallest absolute Gasteiger partial charge is 0.148 e. The minimum atomic E-state index is -0.587. The third-order valence-electron chi connectivity index (χ3n) is 5.24. The number of ketones is 2. The second-order valence-electron chi connectivity index (χ2n) is 7.32. The van der Waals surface area contributed by atoms with Crippen LogP contribution in [0.5, 0.6) is 0 Å². The van der Waals surface area contributed by atoms with Gasteiger partial charge in [-0.25, -0.2) is 0 Å². The number of rotatable bonds is 9. The Bertz CT molecular complexity index is 594. The first kappa shape index (κ1) is 24.4. The zero-order valence-electron chi connectivity index (χ0n) is 18.1. The van der Waals surface area contributed by atoms with E-state index in [9.17, 15) is 14.7 Å². The van der Waals surface area contributed by atoms with Crippen molar-refractivity contribution in [1.29, 1.82) is 0 Å². The third-order valence-corrected chi connectivity index (χ3v) is 5.24. The maximum Gasteiger partial charge on any atom is 0.148 e. The van der Waals surface area contributed by atoms with Crippen molar-refractivity contribution in [3.8, 4) is 0 Å². The van der Waals surface area contributed by atoms with Gasteiger partial charge in [0.1, 0.15) is 11.6 Å². The van der Waals surface area contributed by atoms with E-state index >= 15 is 0 Å². The van der Waals surface area contributed by atoms with E-state index in [1.54, 1.807) is 20.0 Å². The molecule has 2 rings (SSSR count). The van der Waals surface area contributed by atoms with Crippen molar-refractivity contribution in [3.63, 3.8) is 0 Å². The van der Waals surface area contributed by atoms with Crippen LogP contribution in [0.15, 0.2) is 24.5 Å². The molecule has 0 aromatic carbocycles. The maximum atomic E-state index is 12.2. The number of nitrogens with zero attached hydrogens (tertiary/aromatic N) is 3. The minimum Gasteiger partial charge on any atom is -0.392 e. The third kappa shape index (κ3) is 7.78. The number of Topliss-reactive ketones (excluding diaryl/α,β-unsaturated/α-hetero) is 2. The van der Waals surface area contributed by atoms with E-state index in [0.29, 0.717) is 19.5 Å². The number of aromatic nitrogens is 1. The van der Waals surface area contributed by atoms with Gasteiger partial charge in [0.25, 0.3) is 0 Å². The molecule has 0 aliphatic carbocycles. The monoisotopic (exact) mass is 391 g/mol. The molecule has 1 aromatic heterocycles. The highest BCUT2D eigenvalue weighted by molar-refractivity contribution is 5.81. The lowest BCUT2D eigenvalue weighted by Gasteiger charge is -2.41. The van der Waals surface area contributed by atoms with Gasteiger partial charge in [-0.05, 0) is 38.3 Å². The van der Waals surface area contributed by atoms with Gasteiger partial charge < -0.3 is 5.11 Å². The molecule has 1 saturated heterocycles. The number of β-amino-alcohol motifs (C(OH)–C–C–N with tert-alkyl or cyclic N) is 1. The Hall–Kier alpha value is -1.63. The van der Waals surface area contributed by atoms with Crippen molar-refractivity contribution in [2.45, 2.75) is 66.2 Å². The van der Waals surface area contributed by atoms with E-state index < -0.39 is 6.10 Å². The Morgan fingerprint density at radius 3 is 2.54 bits per heavy atom. The number of piperazine rings is 1. The van der Waals surface area contributed by atoms with E-state index in [4.69, 9.17) is 0 Å². The summed E-state index contributed by atoms with van der Waals surface area (Å²) in [5, 5.41) is 10.4. The number of carbonyl (C=O) groups excluding carboxylic acids is 2. The topological polar surface area (TPSA) is 73.7 Å². The van der Waals surface area contributed by atoms with Crippen molar-refractivity contribution < 1.29 is 14.7 Å². The summed E-state index contributed by atoms with van der Waals surface area (Å²) in [6.45, 7) is 12.6. The SMILES string of the molecule is CC.CC[C@H](C[C@H](O)CN1CCN(Cc2cccnc2)C[C@H]1C(C)=O)C(C)=O. The lowest BCUT2D eigenvalue weighted by atomic mass is 9.94. The van der Waals surface area contributed by atoms with E-state index in [-0.39, 0.29) is 23.5 Å². The molecule has 0 unspecified atom stereocenters. The van der Waals surface area contributed by atoms with Crippen LogP contribution in [-0.2, 0) is 16.1 Å². The first-order valence-corrected chi connectivity index (χ1v) is 10.4. The van der Waals surface area contributed by atoms with E-state index in [2.05, 4.69) is 14.8 Å². The van der Waals surface area contributed by atoms with Crippen LogP contribution >= 0.6 is 0 Å². The fourth-order valence-corrected chi connectivity index (χ4v) is 3.67. The first-order valence-electron chi connectivity index (χ1n) is 10.4. The number of carbonyl (C=O) groups is 2. The van der Waals surface area contributed by atoms with Crippen LogP contribution in [0.3, 0.4) is 0 Å². The molecule has 2 heterocycles. The second kappa shape index (κ2) is 12.8. The summed E-state index contributed by atoms with van der Waals surface area (Å²) in [5.41, 5.74) is 1.13. The van der Waals surface area contributed by atoms with Crippen molar-refractivity contribution in [3.05, 3.63) is 30.1 Å². The van der Waals surface area contributed by atoms with E-state index in [0.717, 1.165) is 31.6 Å².